The number of anilines is 1. The molecule has 3 aliphatic rings. The number of nitrogens with zero attached hydrogens (tertiary/aromatic N) is 1. The van der Waals surface area contributed by atoms with Crippen LogP contribution in [0.3, 0.4) is 0 Å². The number of aliphatic carboxylic acids is 1. The lowest BCUT2D eigenvalue weighted by molar-refractivity contribution is -0.152. The molecule has 7 N–H and O–H groups in total. The summed E-state index contributed by atoms with van der Waals surface area (Å²) in [6.07, 6.45) is 4.86. The number of halogens is 1. The van der Waals surface area contributed by atoms with Crippen molar-refractivity contribution >= 4 is 61.1 Å². The zero-order valence-electron chi connectivity index (χ0n) is 30.0. The predicted molar refractivity (Wildman–Crippen MR) is 199 cm³/mol. The number of likely N-dealkylation sites (tertiary alicyclic amines) is 1. The maximum Gasteiger partial charge on any atom is 0.326 e. The molecule has 0 aromatic heterocycles. The predicted octanol–water partition coefficient (Wildman–Crippen LogP) is 2.31. The molecule has 2 fully saturated rings. The number of hydrogen-bond donors (Lipinski definition) is 6. The average Bonchev–Trinajstić information content (AvgIpc) is 3.50. The second-order valence-corrected chi connectivity index (χ2v) is 17.6. The Morgan fingerprint density at radius 1 is 1.11 bits per heavy atom. The molecule has 0 bridgehead atoms. The number of unbranched alkanes of at least 4 members (excludes halogenated alkanes) is 1. The van der Waals surface area contributed by atoms with E-state index in [4.69, 9.17) is 21.5 Å². The lowest BCUT2D eigenvalue weighted by Crippen LogP contribution is -2.55. The maximum atomic E-state index is 13.6. The third-order valence-electron chi connectivity index (χ3n) is 10.1. The molecule has 1 saturated carbocycles. The van der Waals surface area contributed by atoms with Gasteiger partial charge in [-0.25, -0.2) is 26.8 Å². The number of carboxylic acid groups (broad SMARTS) is 1. The number of rotatable bonds is 15. The molecule has 2 aromatic carbocycles. The second-order valence-electron chi connectivity index (χ2n) is 13.9. The van der Waals surface area contributed by atoms with E-state index in [2.05, 4.69) is 20.7 Å². The van der Waals surface area contributed by atoms with E-state index in [0.717, 1.165) is 31.7 Å². The van der Waals surface area contributed by atoms with Crippen LogP contribution in [0.4, 0.5) is 5.69 Å². The van der Waals surface area contributed by atoms with E-state index in [1.54, 1.807) is 38.1 Å². The topological polar surface area (TPSA) is 243 Å². The van der Waals surface area contributed by atoms with Crippen molar-refractivity contribution < 1.29 is 45.9 Å². The zero-order chi connectivity index (χ0) is 39.4. The Balaban J connectivity index is 1.10. The minimum atomic E-state index is -4.25. The van der Waals surface area contributed by atoms with Gasteiger partial charge in [0.05, 0.1) is 29.5 Å². The van der Waals surface area contributed by atoms with Gasteiger partial charge in [0, 0.05) is 24.6 Å². The van der Waals surface area contributed by atoms with Crippen LogP contribution in [-0.4, -0.2) is 94.1 Å². The van der Waals surface area contributed by atoms with Gasteiger partial charge in [0.15, 0.2) is 0 Å². The quantitative estimate of drug-likeness (QED) is 0.112. The highest BCUT2D eigenvalue weighted by atomic mass is 35.5. The smallest absolute Gasteiger partial charge is 0.326 e. The fraction of sp³-hybridized carbons (Fsp3) is 0.543. The number of nitrogens with two attached hydrogens (primary N) is 1. The van der Waals surface area contributed by atoms with E-state index in [-0.39, 0.29) is 52.4 Å². The number of carboxylic acids is 1. The van der Waals surface area contributed by atoms with Crippen molar-refractivity contribution in [2.45, 2.75) is 112 Å². The Morgan fingerprint density at radius 2 is 1.81 bits per heavy atom. The first kappa shape index (κ1) is 41.4. The van der Waals surface area contributed by atoms with Gasteiger partial charge in [-0.05, 0) is 88.1 Å². The second kappa shape index (κ2) is 17.3. The molecule has 1 saturated heterocycles. The zero-order valence-corrected chi connectivity index (χ0v) is 32.4. The van der Waals surface area contributed by atoms with Crippen molar-refractivity contribution in [3.05, 3.63) is 52.5 Å². The summed E-state index contributed by atoms with van der Waals surface area (Å²) in [5.41, 5.74) is 1.20. The molecule has 0 radical (unpaired) electrons. The molecular formula is C35H47ClN6O10S2. The molecule has 296 valence electrons. The average molecular weight is 811 g/mol. The number of carbonyl (C=O) groups excluding carboxylic acids is 3. The molecule has 6 atom stereocenters. The van der Waals surface area contributed by atoms with Crippen molar-refractivity contribution in [3.63, 3.8) is 0 Å². The molecule has 2 amide bonds. The largest absolute Gasteiger partial charge is 0.480 e. The lowest BCUT2D eigenvalue weighted by Gasteiger charge is -2.35. The van der Waals surface area contributed by atoms with E-state index >= 15 is 0 Å². The van der Waals surface area contributed by atoms with Crippen LogP contribution in [0.1, 0.15) is 81.1 Å². The van der Waals surface area contributed by atoms with Crippen LogP contribution in [0.25, 0.3) is 0 Å². The van der Waals surface area contributed by atoms with E-state index in [0.29, 0.717) is 43.4 Å². The number of fused-ring (bicyclic) bond motifs is 2. The highest BCUT2D eigenvalue weighted by Gasteiger charge is 2.48. The van der Waals surface area contributed by atoms with Gasteiger partial charge in [-0.1, -0.05) is 36.6 Å². The van der Waals surface area contributed by atoms with Crippen LogP contribution in [0, 0.1) is 5.92 Å². The summed E-state index contributed by atoms with van der Waals surface area (Å²) in [5, 5.41) is 23.7. The molecule has 54 heavy (non-hydrogen) atoms. The summed E-state index contributed by atoms with van der Waals surface area (Å²) in [6, 6.07) is 6.09. The molecule has 4 unspecified atom stereocenters. The van der Waals surface area contributed by atoms with Crippen LogP contribution in [0.5, 0.6) is 0 Å². The van der Waals surface area contributed by atoms with Gasteiger partial charge >= 0.3 is 11.9 Å². The first-order valence-corrected chi connectivity index (χ1v) is 21.4. The monoisotopic (exact) mass is 810 g/mol. The summed E-state index contributed by atoms with van der Waals surface area (Å²) in [4.78, 5) is 52.1. The minimum absolute atomic E-state index is 0.113. The van der Waals surface area contributed by atoms with Gasteiger partial charge in [0.1, 0.15) is 21.9 Å². The summed E-state index contributed by atoms with van der Waals surface area (Å²) in [7, 11) is -8.36. The van der Waals surface area contributed by atoms with E-state index < -0.39 is 61.2 Å². The number of esters is 1. The third-order valence-corrected chi connectivity index (χ3v) is 13.0. The fourth-order valence-corrected chi connectivity index (χ4v) is 10.1. The number of ether oxygens (including phenoxy) is 1. The molecule has 19 heteroatoms. The number of carbonyl (C=O) groups is 4. The number of sulfonamides is 2. The molecule has 2 aromatic rings. The van der Waals surface area contributed by atoms with Crippen molar-refractivity contribution in [2.24, 2.45) is 11.1 Å². The van der Waals surface area contributed by atoms with Crippen LogP contribution in [0.2, 0.25) is 5.02 Å². The summed E-state index contributed by atoms with van der Waals surface area (Å²) in [6.45, 7) is 3.80. The van der Waals surface area contributed by atoms with Gasteiger partial charge in [-0.3, -0.25) is 19.7 Å². The van der Waals surface area contributed by atoms with Crippen molar-refractivity contribution in [3.8, 4) is 0 Å². The lowest BCUT2D eigenvalue weighted by atomic mass is 9.84. The molecule has 2 aliphatic heterocycles. The standard InChI is InChI=1S/C35H47ClN6O10S2/c1-3-52-35(47)25(39-20(2)33(44)42-27-10-5-4-8-23(27)17-28(42)34(45)46)9-6-7-15-38-32(43)22-13-11-21(12-14-22)16-31-40-26-18-24(36)29(53(37,48)49)19-30(26)54(50,51)41-31/h11-14,18-20,23,25,27-28,31,39-41H,3-10,15-17H2,1-2H3,(H,38,43)(H,45,46)(H2,37,48,49)/t20-,23?,25-,27?,28?,31?/m0/s1. The third kappa shape index (κ3) is 9.70. The number of primary sulfonamides is 1. The highest BCUT2D eigenvalue weighted by Crippen LogP contribution is 2.40. The minimum Gasteiger partial charge on any atom is -0.480 e. The Hall–Kier alpha value is -3.81. The first-order chi connectivity index (χ1) is 25.5. The Labute approximate surface area is 320 Å². The van der Waals surface area contributed by atoms with Crippen molar-refractivity contribution in [1.29, 1.82) is 0 Å². The molecule has 16 nitrogen and oxygen atoms in total. The Kier molecular flexibility index (Phi) is 13.3. The van der Waals surface area contributed by atoms with Gasteiger partial charge in [0.2, 0.25) is 26.0 Å². The number of benzene rings is 2. The number of nitrogens with one attached hydrogen (secondary N) is 4. The fourth-order valence-electron chi connectivity index (χ4n) is 7.56. The molecule has 0 spiro atoms. The van der Waals surface area contributed by atoms with Crippen LogP contribution >= 0.6 is 11.6 Å². The molecular weight excluding hydrogens is 764 g/mol. The van der Waals surface area contributed by atoms with Crippen molar-refractivity contribution in [1.82, 2.24) is 20.3 Å². The maximum absolute atomic E-state index is 13.6. The molecule has 5 rings (SSSR count). The summed E-state index contributed by atoms with van der Waals surface area (Å²) >= 11 is 6.06. The van der Waals surface area contributed by atoms with Gasteiger partial charge in [-0.15, -0.1) is 0 Å². The SMILES string of the molecule is CCOC(=O)[C@H](CCCCNC(=O)c1ccc(CC2Nc3cc(Cl)c(S(N)(=O)=O)cc3S(=O)(=O)N2)cc1)N[C@@H](C)C(=O)N1C(C(=O)O)CC2CCCCC21. The van der Waals surface area contributed by atoms with Crippen LogP contribution in [-0.2, 0) is 45.6 Å². The van der Waals surface area contributed by atoms with Crippen molar-refractivity contribution in [2.75, 3.05) is 18.5 Å². The van der Waals surface area contributed by atoms with E-state index in [1.807, 2.05) is 0 Å². The van der Waals surface area contributed by atoms with Gasteiger partial charge in [-0.2, -0.15) is 4.72 Å². The van der Waals surface area contributed by atoms with Gasteiger partial charge < -0.3 is 25.4 Å². The number of amides is 2. The Bertz CT molecular complexity index is 1960. The highest BCUT2D eigenvalue weighted by molar-refractivity contribution is 7.90. The summed E-state index contributed by atoms with van der Waals surface area (Å²) in [5.74, 6) is -2.02. The first-order valence-electron chi connectivity index (χ1n) is 18.0. The van der Waals surface area contributed by atoms with Crippen LogP contribution in [0.15, 0.2) is 46.2 Å². The van der Waals surface area contributed by atoms with E-state index in [9.17, 15) is 41.1 Å². The molecule has 1 aliphatic carbocycles. The normalized spacial score (nSPS) is 22.9. The molecule has 2 heterocycles. The Morgan fingerprint density at radius 3 is 2.48 bits per heavy atom. The number of hydrogen-bond acceptors (Lipinski definition) is 11. The van der Waals surface area contributed by atoms with E-state index in [1.165, 1.54) is 11.0 Å². The van der Waals surface area contributed by atoms with Gasteiger partial charge in [0.25, 0.3) is 5.91 Å². The van der Waals surface area contributed by atoms with Crippen LogP contribution < -0.4 is 25.8 Å². The summed E-state index contributed by atoms with van der Waals surface area (Å²) < 4.78 is 57.2.